The van der Waals surface area contributed by atoms with Crippen molar-refractivity contribution in [3.8, 4) is 0 Å². The van der Waals surface area contributed by atoms with Crippen molar-refractivity contribution in [2.24, 2.45) is 0 Å². The Hall–Kier alpha value is -0.640. The highest BCUT2D eigenvalue weighted by molar-refractivity contribution is 7.89. The molecule has 0 rings (SSSR count). The third kappa shape index (κ3) is 3.72. The average molecular weight is 204 g/mol. The number of hydrogen-bond acceptors (Lipinski definition) is 2. The smallest absolute Gasteiger partial charge is 0.344 e. The van der Waals surface area contributed by atoms with Crippen molar-refractivity contribution in [2.45, 2.75) is 33.1 Å². The van der Waals surface area contributed by atoms with Crippen LogP contribution in [0.3, 0.4) is 0 Å². The Morgan fingerprint density at radius 2 is 1.92 bits per heavy atom. The third-order valence-electron chi connectivity index (χ3n) is 1.78. The standard InChI is InChI=1S/C9H16O3S/c1-4-6-7(5-2)8(9(10)11)13(3)12/h4-6H2,1-3H3,(H,10,11). The number of aliphatic carboxylic acids is 1. The first-order valence-electron chi connectivity index (χ1n) is 4.33. The number of rotatable bonds is 5. The van der Waals surface area contributed by atoms with Crippen LogP contribution >= 0.6 is 0 Å². The van der Waals surface area contributed by atoms with Gasteiger partial charge in [0.1, 0.15) is 4.91 Å². The van der Waals surface area contributed by atoms with Gasteiger partial charge < -0.3 is 5.11 Å². The van der Waals surface area contributed by atoms with Gasteiger partial charge >= 0.3 is 5.97 Å². The van der Waals surface area contributed by atoms with Crippen molar-refractivity contribution < 1.29 is 14.1 Å². The van der Waals surface area contributed by atoms with E-state index in [1.807, 2.05) is 13.8 Å². The molecule has 0 aliphatic rings. The van der Waals surface area contributed by atoms with Crippen LogP contribution < -0.4 is 0 Å². The topological polar surface area (TPSA) is 54.4 Å². The first-order chi connectivity index (χ1) is 6.04. The minimum atomic E-state index is -1.38. The fourth-order valence-corrected chi connectivity index (χ4v) is 2.13. The molecule has 4 heteroatoms. The molecule has 3 nitrogen and oxygen atoms in total. The van der Waals surface area contributed by atoms with Crippen molar-refractivity contribution in [2.75, 3.05) is 6.26 Å². The van der Waals surface area contributed by atoms with Gasteiger partial charge in [-0.2, -0.15) is 0 Å². The van der Waals surface area contributed by atoms with E-state index in [-0.39, 0.29) is 4.91 Å². The van der Waals surface area contributed by atoms with E-state index in [1.165, 1.54) is 6.26 Å². The summed E-state index contributed by atoms with van der Waals surface area (Å²) in [6.45, 7) is 3.87. The predicted molar refractivity (Wildman–Crippen MR) is 53.9 cm³/mol. The molecular formula is C9H16O3S. The molecule has 0 heterocycles. The molecule has 13 heavy (non-hydrogen) atoms. The minimum absolute atomic E-state index is 0.0874. The van der Waals surface area contributed by atoms with E-state index in [2.05, 4.69) is 0 Å². The Kier molecular flexibility index (Phi) is 5.62. The third-order valence-corrected chi connectivity index (χ3v) is 2.82. The molecule has 1 N–H and O–H groups in total. The van der Waals surface area contributed by atoms with Crippen molar-refractivity contribution in [3.63, 3.8) is 0 Å². The van der Waals surface area contributed by atoms with Gasteiger partial charge in [-0.25, -0.2) is 4.79 Å². The van der Waals surface area contributed by atoms with Crippen LogP contribution in [-0.4, -0.2) is 21.5 Å². The lowest BCUT2D eigenvalue weighted by Gasteiger charge is -2.06. The molecule has 0 amide bonds. The lowest BCUT2D eigenvalue weighted by molar-refractivity contribution is -0.131. The molecule has 0 aliphatic carbocycles. The number of carbonyl (C=O) groups is 1. The fourth-order valence-electron chi connectivity index (χ4n) is 1.23. The molecule has 0 saturated heterocycles. The second-order valence-electron chi connectivity index (χ2n) is 2.80. The van der Waals surface area contributed by atoms with E-state index in [9.17, 15) is 9.00 Å². The van der Waals surface area contributed by atoms with Gasteiger partial charge in [0.2, 0.25) is 0 Å². The Labute approximate surface area is 81.3 Å². The van der Waals surface area contributed by atoms with Crippen LogP contribution in [-0.2, 0) is 15.6 Å². The minimum Gasteiger partial charge on any atom is -0.477 e. The second kappa shape index (κ2) is 5.91. The van der Waals surface area contributed by atoms with Crippen molar-refractivity contribution in [1.29, 1.82) is 0 Å². The molecule has 0 aromatic rings. The van der Waals surface area contributed by atoms with Gasteiger partial charge in [0.25, 0.3) is 0 Å². The molecule has 1 atom stereocenters. The Morgan fingerprint density at radius 1 is 1.38 bits per heavy atom. The summed E-state index contributed by atoms with van der Waals surface area (Å²) < 4.78 is 11.1. The first-order valence-corrected chi connectivity index (χ1v) is 5.89. The zero-order valence-electron chi connectivity index (χ0n) is 8.29. The maximum Gasteiger partial charge on any atom is 0.344 e. The van der Waals surface area contributed by atoms with E-state index in [0.29, 0.717) is 6.42 Å². The number of carboxylic acid groups (broad SMARTS) is 1. The highest BCUT2D eigenvalue weighted by Gasteiger charge is 2.16. The van der Waals surface area contributed by atoms with E-state index in [0.717, 1.165) is 18.4 Å². The van der Waals surface area contributed by atoms with Gasteiger partial charge in [0, 0.05) is 6.26 Å². The number of carboxylic acids is 1. The Morgan fingerprint density at radius 3 is 2.15 bits per heavy atom. The van der Waals surface area contributed by atoms with Crippen LogP contribution in [0.4, 0.5) is 0 Å². The molecule has 0 aliphatic heterocycles. The largest absolute Gasteiger partial charge is 0.477 e. The van der Waals surface area contributed by atoms with Gasteiger partial charge in [0.15, 0.2) is 0 Å². The molecular weight excluding hydrogens is 188 g/mol. The van der Waals surface area contributed by atoms with Crippen LogP contribution in [0.2, 0.25) is 0 Å². The van der Waals surface area contributed by atoms with Crippen LogP contribution in [0.5, 0.6) is 0 Å². The van der Waals surface area contributed by atoms with Gasteiger partial charge in [-0.05, 0) is 18.4 Å². The Bertz CT molecular complexity index is 227. The van der Waals surface area contributed by atoms with Crippen LogP contribution in [0.25, 0.3) is 0 Å². The molecule has 0 aromatic carbocycles. The molecule has 0 fully saturated rings. The fraction of sp³-hybridized carbons (Fsp3) is 0.667. The highest BCUT2D eigenvalue weighted by atomic mass is 32.2. The maximum atomic E-state index is 11.1. The van der Waals surface area contributed by atoms with Crippen LogP contribution in [0, 0.1) is 0 Å². The summed E-state index contributed by atoms with van der Waals surface area (Å²) in [5.74, 6) is -1.05. The summed E-state index contributed by atoms with van der Waals surface area (Å²) in [4.78, 5) is 10.9. The summed E-state index contributed by atoms with van der Waals surface area (Å²) in [5.41, 5.74) is 0.802. The highest BCUT2D eigenvalue weighted by Crippen LogP contribution is 2.17. The Balaban J connectivity index is 5.00. The maximum absolute atomic E-state index is 11.1. The van der Waals surface area contributed by atoms with Gasteiger partial charge in [0.05, 0.1) is 10.8 Å². The number of allylic oxidation sites excluding steroid dienone is 1. The molecule has 0 bridgehead atoms. The van der Waals surface area contributed by atoms with Crippen molar-refractivity contribution >= 4 is 16.8 Å². The molecule has 76 valence electrons. The van der Waals surface area contributed by atoms with E-state index >= 15 is 0 Å². The molecule has 0 saturated carbocycles. The van der Waals surface area contributed by atoms with Gasteiger partial charge in [-0.15, -0.1) is 0 Å². The monoisotopic (exact) mass is 204 g/mol. The van der Waals surface area contributed by atoms with Crippen LogP contribution in [0.15, 0.2) is 10.5 Å². The summed E-state index contributed by atoms with van der Waals surface area (Å²) >= 11 is 0. The summed E-state index contributed by atoms with van der Waals surface area (Å²) in [7, 11) is -1.38. The van der Waals surface area contributed by atoms with Gasteiger partial charge in [-0.3, -0.25) is 4.21 Å². The van der Waals surface area contributed by atoms with Gasteiger partial charge in [-0.1, -0.05) is 20.3 Å². The van der Waals surface area contributed by atoms with Crippen molar-refractivity contribution in [3.05, 3.63) is 10.5 Å². The zero-order chi connectivity index (χ0) is 10.4. The first kappa shape index (κ1) is 12.4. The van der Waals surface area contributed by atoms with E-state index in [4.69, 9.17) is 5.11 Å². The molecule has 1 unspecified atom stereocenters. The molecule has 0 aromatic heterocycles. The molecule has 0 spiro atoms. The van der Waals surface area contributed by atoms with E-state index in [1.54, 1.807) is 0 Å². The summed E-state index contributed by atoms with van der Waals surface area (Å²) in [5, 5.41) is 8.82. The average Bonchev–Trinajstić information content (AvgIpc) is 2.02. The summed E-state index contributed by atoms with van der Waals surface area (Å²) in [6, 6.07) is 0. The summed E-state index contributed by atoms with van der Waals surface area (Å²) in [6.07, 6.45) is 3.68. The normalized spacial score (nSPS) is 15.0. The zero-order valence-corrected chi connectivity index (χ0v) is 9.11. The lowest BCUT2D eigenvalue weighted by atomic mass is 10.1. The molecule has 0 radical (unpaired) electrons. The SMILES string of the molecule is CCCC(CC)=C(C(=O)O)S(C)=O. The lowest BCUT2D eigenvalue weighted by Crippen LogP contribution is -2.09. The van der Waals surface area contributed by atoms with E-state index < -0.39 is 16.8 Å². The second-order valence-corrected chi connectivity index (χ2v) is 4.11. The number of hydrogen-bond donors (Lipinski definition) is 1. The predicted octanol–water partition coefficient (Wildman–Crippen LogP) is 1.91. The quantitative estimate of drug-likeness (QED) is 0.696. The van der Waals surface area contributed by atoms with Crippen LogP contribution in [0.1, 0.15) is 33.1 Å². The van der Waals surface area contributed by atoms with Crippen molar-refractivity contribution in [1.82, 2.24) is 0 Å².